The van der Waals surface area contributed by atoms with Gasteiger partial charge in [-0.3, -0.25) is 14.9 Å². The summed E-state index contributed by atoms with van der Waals surface area (Å²) in [5, 5.41) is 4.44. The maximum Gasteiger partial charge on any atom is 0.321 e. The Balaban J connectivity index is 2.40. The number of nitrogens with one attached hydrogen (secondary N) is 3. The van der Waals surface area contributed by atoms with Gasteiger partial charge in [-0.1, -0.05) is 13.0 Å². The van der Waals surface area contributed by atoms with Crippen LogP contribution in [0.25, 0.3) is 0 Å². The number of urea groups is 1. The average molecular weight is 389 g/mol. The lowest BCUT2D eigenvalue weighted by Crippen LogP contribution is -2.45. The Bertz CT molecular complexity index is 768. The summed E-state index contributed by atoms with van der Waals surface area (Å²) in [4.78, 5) is 34.0. The molecule has 3 N–H and O–H groups in total. The summed E-state index contributed by atoms with van der Waals surface area (Å²) in [7, 11) is -4.11. The maximum absolute atomic E-state index is 13.1. The smallest absolute Gasteiger partial charge is 0.321 e. The van der Waals surface area contributed by atoms with Crippen LogP contribution in [0.5, 0.6) is 0 Å². The van der Waals surface area contributed by atoms with Gasteiger partial charge < -0.3 is 10.1 Å². The number of hydrogen-bond acceptors (Lipinski definition) is 6. The molecular weight excluding hydrogens is 369 g/mol. The molecular formula is C15H20FN3O6S. The molecule has 0 saturated carbocycles. The Kier molecular flexibility index (Phi) is 8.13. The van der Waals surface area contributed by atoms with Crippen molar-refractivity contribution in [3.8, 4) is 0 Å². The van der Waals surface area contributed by atoms with Crippen molar-refractivity contribution >= 4 is 27.9 Å². The molecule has 0 aliphatic heterocycles. The number of ether oxygens (including phenoxy) is 1. The number of hydrogen-bond donors (Lipinski definition) is 3. The lowest BCUT2D eigenvalue weighted by atomic mass is 10.3. The Labute approximate surface area is 150 Å². The van der Waals surface area contributed by atoms with Crippen molar-refractivity contribution < 1.29 is 31.9 Å². The SMILES string of the molecule is CC[C@H](C)NC(=O)NC(=O)COC(=O)CNS(=O)(=O)c1cccc(F)c1. The molecule has 1 aromatic carbocycles. The van der Waals surface area contributed by atoms with Crippen LogP contribution >= 0.6 is 0 Å². The number of esters is 1. The van der Waals surface area contributed by atoms with Crippen LogP contribution in [0.4, 0.5) is 9.18 Å². The van der Waals surface area contributed by atoms with Crippen molar-refractivity contribution in [2.24, 2.45) is 0 Å². The number of rotatable bonds is 8. The predicted octanol–water partition coefficient (Wildman–Crippen LogP) is 0.272. The summed E-state index contributed by atoms with van der Waals surface area (Å²) in [6.07, 6.45) is 0.669. The molecule has 0 aliphatic rings. The van der Waals surface area contributed by atoms with Crippen LogP contribution in [-0.2, 0) is 24.3 Å². The molecule has 26 heavy (non-hydrogen) atoms. The van der Waals surface area contributed by atoms with Crippen LogP contribution in [0.2, 0.25) is 0 Å². The largest absolute Gasteiger partial charge is 0.455 e. The minimum atomic E-state index is -4.11. The van der Waals surface area contributed by atoms with Crippen LogP contribution < -0.4 is 15.4 Å². The molecule has 1 aromatic rings. The Morgan fingerprint density at radius 1 is 1.27 bits per heavy atom. The highest BCUT2D eigenvalue weighted by atomic mass is 32.2. The topological polar surface area (TPSA) is 131 Å². The normalized spacial score (nSPS) is 12.1. The number of carbonyl (C=O) groups excluding carboxylic acids is 3. The van der Waals surface area contributed by atoms with E-state index < -0.39 is 46.9 Å². The average Bonchev–Trinajstić information content (AvgIpc) is 2.58. The molecule has 0 aliphatic carbocycles. The lowest BCUT2D eigenvalue weighted by molar-refractivity contribution is -0.147. The fourth-order valence-corrected chi connectivity index (χ4v) is 2.59. The highest BCUT2D eigenvalue weighted by Gasteiger charge is 2.17. The Morgan fingerprint density at radius 2 is 1.96 bits per heavy atom. The Hall–Kier alpha value is -2.53. The zero-order valence-electron chi connectivity index (χ0n) is 14.2. The molecule has 1 atom stereocenters. The van der Waals surface area contributed by atoms with Crippen molar-refractivity contribution in [1.82, 2.24) is 15.4 Å². The first-order chi connectivity index (χ1) is 12.1. The molecule has 0 spiro atoms. The van der Waals surface area contributed by atoms with E-state index in [0.717, 1.165) is 18.2 Å². The second-order valence-corrected chi connectivity index (χ2v) is 7.04. The van der Waals surface area contributed by atoms with Gasteiger partial charge in [0, 0.05) is 6.04 Å². The monoisotopic (exact) mass is 389 g/mol. The second kappa shape index (κ2) is 9.82. The third kappa shape index (κ3) is 7.57. The molecule has 0 bridgehead atoms. The Morgan fingerprint density at radius 3 is 2.58 bits per heavy atom. The van der Waals surface area contributed by atoms with Crippen molar-refractivity contribution in [1.29, 1.82) is 0 Å². The molecule has 0 aromatic heterocycles. The first-order valence-corrected chi connectivity index (χ1v) is 9.13. The van der Waals surface area contributed by atoms with Crippen LogP contribution in [0, 0.1) is 5.82 Å². The minimum absolute atomic E-state index is 0.136. The number of carbonyl (C=O) groups is 3. The van der Waals surface area contributed by atoms with Gasteiger partial charge in [0.1, 0.15) is 12.4 Å². The highest BCUT2D eigenvalue weighted by molar-refractivity contribution is 7.89. The molecule has 11 heteroatoms. The summed E-state index contributed by atoms with van der Waals surface area (Å²) >= 11 is 0. The standard InChI is InChI=1S/C15H20FN3O6S/c1-3-10(2)18-15(22)19-13(20)9-25-14(21)8-17-26(23,24)12-6-4-5-11(16)7-12/h4-7,10,17H,3,8-9H2,1-2H3,(H2,18,19,20,22)/t10-/m0/s1. The van der Waals surface area contributed by atoms with Crippen LogP contribution in [0.15, 0.2) is 29.2 Å². The van der Waals surface area contributed by atoms with Gasteiger partial charge in [0.05, 0.1) is 4.90 Å². The van der Waals surface area contributed by atoms with E-state index in [1.54, 1.807) is 6.92 Å². The minimum Gasteiger partial charge on any atom is -0.455 e. The van der Waals surface area contributed by atoms with Gasteiger partial charge >= 0.3 is 12.0 Å². The number of sulfonamides is 1. The first-order valence-electron chi connectivity index (χ1n) is 7.65. The van der Waals surface area contributed by atoms with Gasteiger partial charge in [-0.2, -0.15) is 4.72 Å². The molecule has 0 radical (unpaired) electrons. The van der Waals surface area contributed by atoms with Gasteiger partial charge in [-0.15, -0.1) is 0 Å². The van der Waals surface area contributed by atoms with Crippen molar-refractivity contribution in [2.45, 2.75) is 31.2 Å². The molecule has 0 fully saturated rings. The number of benzene rings is 1. The quantitative estimate of drug-likeness (QED) is 0.547. The van der Waals surface area contributed by atoms with Gasteiger partial charge in [0.15, 0.2) is 6.61 Å². The molecule has 0 unspecified atom stereocenters. The molecule has 144 valence electrons. The van der Waals surface area contributed by atoms with Crippen LogP contribution in [0.3, 0.4) is 0 Å². The van der Waals surface area contributed by atoms with E-state index in [9.17, 15) is 27.2 Å². The van der Waals surface area contributed by atoms with Crippen molar-refractivity contribution in [2.75, 3.05) is 13.2 Å². The van der Waals surface area contributed by atoms with E-state index in [0.29, 0.717) is 6.42 Å². The van der Waals surface area contributed by atoms with E-state index in [1.807, 2.05) is 17.0 Å². The maximum atomic E-state index is 13.1. The van der Waals surface area contributed by atoms with E-state index in [2.05, 4.69) is 10.1 Å². The molecule has 0 heterocycles. The second-order valence-electron chi connectivity index (χ2n) is 5.27. The molecule has 1 rings (SSSR count). The predicted molar refractivity (Wildman–Crippen MR) is 89.0 cm³/mol. The van der Waals surface area contributed by atoms with E-state index >= 15 is 0 Å². The zero-order chi connectivity index (χ0) is 19.7. The number of amides is 3. The molecule has 0 saturated heterocycles. The van der Waals surface area contributed by atoms with E-state index in [4.69, 9.17) is 0 Å². The molecule has 3 amide bonds. The van der Waals surface area contributed by atoms with Gasteiger partial charge in [-0.05, 0) is 31.5 Å². The summed E-state index contributed by atoms with van der Waals surface area (Å²) in [6.45, 7) is 2.08. The van der Waals surface area contributed by atoms with Crippen molar-refractivity contribution in [3.63, 3.8) is 0 Å². The summed E-state index contributed by atoms with van der Waals surface area (Å²) in [5.74, 6) is -2.66. The third-order valence-corrected chi connectivity index (χ3v) is 4.52. The third-order valence-electron chi connectivity index (χ3n) is 3.12. The van der Waals surface area contributed by atoms with Gasteiger partial charge in [-0.25, -0.2) is 17.6 Å². The van der Waals surface area contributed by atoms with E-state index in [-0.39, 0.29) is 10.9 Å². The highest BCUT2D eigenvalue weighted by Crippen LogP contribution is 2.09. The fraction of sp³-hybridized carbons (Fsp3) is 0.400. The number of halogens is 1. The molecule has 9 nitrogen and oxygen atoms in total. The van der Waals surface area contributed by atoms with Crippen LogP contribution in [0.1, 0.15) is 20.3 Å². The lowest BCUT2D eigenvalue weighted by Gasteiger charge is -2.12. The summed E-state index contributed by atoms with van der Waals surface area (Å²) in [5.41, 5.74) is 0. The van der Waals surface area contributed by atoms with Crippen molar-refractivity contribution in [3.05, 3.63) is 30.1 Å². The van der Waals surface area contributed by atoms with Gasteiger partial charge in [0.2, 0.25) is 10.0 Å². The van der Waals surface area contributed by atoms with E-state index in [1.165, 1.54) is 6.07 Å². The first kappa shape index (κ1) is 21.5. The van der Waals surface area contributed by atoms with Crippen LogP contribution in [-0.4, -0.2) is 45.5 Å². The number of imide groups is 1. The summed E-state index contributed by atoms with van der Waals surface area (Å²) < 4.78 is 43.3. The summed E-state index contributed by atoms with van der Waals surface area (Å²) in [6, 6.07) is 3.35. The fourth-order valence-electron chi connectivity index (χ4n) is 1.59. The zero-order valence-corrected chi connectivity index (χ0v) is 15.1. The van der Waals surface area contributed by atoms with Gasteiger partial charge in [0.25, 0.3) is 5.91 Å².